The van der Waals surface area contributed by atoms with Crippen LogP contribution < -0.4 is 9.47 Å². The van der Waals surface area contributed by atoms with Crippen molar-refractivity contribution in [2.45, 2.75) is 13.5 Å². The van der Waals surface area contributed by atoms with Crippen molar-refractivity contribution >= 4 is 17.3 Å². The number of thiazole rings is 1. The maximum atomic E-state index is 11.3. The molecule has 1 N–H and O–H groups in total. The summed E-state index contributed by atoms with van der Waals surface area (Å²) >= 11 is 1.55. The molecule has 0 bridgehead atoms. The highest BCUT2D eigenvalue weighted by Gasteiger charge is 2.20. The third-order valence-corrected chi connectivity index (χ3v) is 6.13. The predicted octanol–water partition coefficient (Wildman–Crippen LogP) is 5.36. The van der Waals surface area contributed by atoms with Gasteiger partial charge in [0.1, 0.15) is 23.1 Å². The number of benzene rings is 2. The van der Waals surface area contributed by atoms with Crippen LogP contribution in [0.25, 0.3) is 32.4 Å². The number of carbonyl (C=O) groups is 1. The van der Waals surface area contributed by atoms with Gasteiger partial charge in [-0.05, 0) is 72.6 Å². The molecule has 0 radical (unpaired) electrons. The average Bonchev–Trinajstić information content (AvgIpc) is 3.37. The van der Waals surface area contributed by atoms with Crippen molar-refractivity contribution in [1.82, 2.24) is 9.55 Å². The predicted molar refractivity (Wildman–Crippen MR) is 122 cm³/mol. The third kappa shape index (κ3) is 4.18. The minimum Gasteiger partial charge on any atom is -0.497 e. The summed E-state index contributed by atoms with van der Waals surface area (Å²) in [4.78, 5) is 17.3. The van der Waals surface area contributed by atoms with Crippen LogP contribution in [0.2, 0.25) is 0 Å². The molecule has 0 aliphatic heterocycles. The summed E-state index contributed by atoms with van der Waals surface area (Å²) in [5, 5.41) is 10.1. The lowest BCUT2D eigenvalue weighted by molar-refractivity contribution is -0.137. The Balaban J connectivity index is 1.88. The van der Waals surface area contributed by atoms with Gasteiger partial charge in [0.15, 0.2) is 0 Å². The summed E-state index contributed by atoms with van der Waals surface area (Å²) in [6.07, 6.45) is 1.79. The van der Waals surface area contributed by atoms with Crippen LogP contribution in [-0.4, -0.2) is 34.8 Å². The maximum absolute atomic E-state index is 11.3. The topological polar surface area (TPSA) is 73.6 Å². The molecule has 4 aromatic rings. The lowest BCUT2D eigenvalue weighted by atomic mass is 10.1. The van der Waals surface area contributed by atoms with Gasteiger partial charge >= 0.3 is 5.97 Å². The molecule has 2 heterocycles. The summed E-state index contributed by atoms with van der Waals surface area (Å²) in [6.45, 7) is 1.85. The van der Waals surface area contributed by atoms with Gasteiger partial charge in [-0.15, -0.1) is 11.3 Å². The van der Waals surface area contributed by atoms with E-state index in [1.807, 2.05) is 61.5 Å². The molecule has 0 saturated carbocycles. The Kier molecular flexibility index (Phi) is 5.77. The van der Waals surface area contributed by atoms with Crippen molar-refractivity contribution in [3.05, 3.63) is 66.4 Å². The molecule has 6 nitrogen and oxygen atoms in total. The van der Waals surface area contributed by atoms with Gasteiger partial charge in [0.25, 0.3) is 0 Å². The van der Waals surface area contributed by atoms with Gasteiger partial charge < -0.3 is 19.1 Å². The van der Waals surface area contributed by atoms with E-state index in [-0.39, 0.29) is 6.54 Å². The molecule has 2 aromatic heterocycles. The van der Waals surface area contributed by atoms with Crippen LogP contribution in [0.5, 0.6) is 11.5 Å². The van der Waals surface area contributed by atoms with Crippen LogP contribution in [0.15, 0.2) is 60.8 Å². The van der Waals surface area contributed by atoms with Crippen LogP contribution in [0.4, 0.5) is 0 Å². The van der Waals surface area contributed by atoms with E-state index in [2.05, 4.69) is 0 Å². The zero-order valence-corrected chi connectivity index (χ0v) is 18.3. The minimum absolute atomic E-state index is 0.113. The number of rotatable bonds is 7. The van der Waals surface area contributed by atoms with Gasteiger partial charge in [0, 0.05) is 11.8 Å². The van der Waals surface area contributed by atoms with Crippen molar-refractivity contribution in [3.63, 3.8) is 0 Å². The smallest absolute Gasteiger partial charge is 0.323 e. The number of carboxylic acids is 1. The molecule has 7 heteroatoms. The minimum atomic E-state index is -0.890. The van der Waals surface area contributed by atoms with E-state index in [1.165, 1.54) is 0 Å². The van der Waals surface area contributed by atoms with E-state index in [9.17, 15) is 9.90 Å². The van der Waals surface area contributed by atoms with Gasteiger partial charge in [-0.3, -0.25) is 4.79 Å². The lowest BCUT2D eigenvalue weighted by Crippen LogP contribution is -2.09. The Hall–Kier alpha value is -3.58. The number of hydrogen-bond donors (Lipinski definition) is 1. The molecule has 158 valence electrons. The van der Waals surface area contributed by atoms with Crippen molar-refractivity contribution < 1.29 is 19.4 Å². The van der Waals surface area contributed by atoms with Crippen LogP contribution in [0.1, 0.15) is 5.56 Å². The Morgan fingerprint density at radius 1 is 0.968 bits per heavy atom. The molecule has 31 heavy (non-hydrogen) atoms. The molecule has 0 unspecified atom stereocenters. The average molecular weight is 435 g/mol. The third-order valence-electron chi connectivity index (χ3n) is 5.02. The first-order chi connectivity index (χ1) is 15.0. The number of aromatic nitrogens is 2. The second-order valence-electron chi connectivity index (χ2n) is 7.02. The van der Waals surface area contributed by atoms with Gasteiger partial charge in [-0.2, -0.15) is 0 Å². The number of aryl methyl sites for hydroxylation is 1. The quantitative estimate of drug-likeness (QED) is 0.424. The van der Waals surface area contributed by atoms with E-state index < -0.39 is 5.97 Å². The highest BCUT2D eigenvalue weighted by atomic mass is 32.1. The summed E-state index contributed by atoms with van der Waals surface area (Å²) in [5.41, 5.74) is 4.63. The first-order valence-corrected chi connectivity index (χ1v) is 10.5. The van der Waals surface area contributed by atoms with Crippen molar-refractivity contribution in [1.29, 1.82) is 0 Å². The highest BCUT2D eigenvalue weighted by Crippen LogP contribution is 2.42. The second kappa shape index (κ2) is 8.65. The molecular formula is C24H22N2O4S. The maximum Gasteiger partial charge on any atom is 0.323 e. The van der Waals surface area contributed by atoms with Gasteiger partial charge in [-0.25, -0.2) is 4.98 Å². The summed E-state index contributed by atoms with van der Waals surface area (Å²) in [5.74, 6) is 0.668. The number of aliphatic carboxylic acids is 1. The van der Waals surface area contributed by atoms with Crippen LogP contribution in [0, 0.1) is 6.92 Å². The van der Waals surface area contributed by atoms with Gasteiger partial charge in [-0.1, -0.05) is 0 Å². The van der Waals surface area contributed by atoms with Gasteiger partial charge in [0.05, 0.1) is 30.5 Å². The van der Waals surface area contributed by atoms with E-state index in [1.54, 1.807) is 36.3 Å². The Bertz CT molecular complexity index is 1140. The lowest BCUT2D eigenvalue weighted by Gasteiger charge is -2.05. The van der Waals surface area contributed by atoms with E-state index >= 15 is 0 Å². The SMILES string of the molecule is COc1ccc(-c2nc(-c3c(C)ccn3CC(=O)O)sc2-c2ccc(OC)cc2)cc1. The fourth-order valence-electron chi connectivity index (χ4n) is 3.45. The fraction of sp³-hybridized carbons (Fsp3) is 0.167. The van der Waals surface area contributed by atoms with E-state index in [0.29, 0.717) is 0 Å². The highest BCUT2D eigenvalue weighted by molar-refractivity contribution is 7.19. The standard InChI is InChI=1S/C24H22N2O4S/c1-15-12-13-26(14-20(27)28)22(15)24-25-21(16-4-8-18(29-2)9-5-16)23(31-24)17-6-10-19(30-3)11-7-17/h4-13H,14H2,1-3H3,(H,27,28). The van der Waals surface area contributed by atoms with Crippen LogP contribution in [0.3, 0.4) is 0 Å². The van der Waals surface area contributed by atoms with Crippen molar-refractivity contribution in [2.24, 2.45) is 0 Å². The van der Waals surface area contributed by atoms with Crippen LogP contribution >= 0.6 is 11.3 Å². The summed E-state index contributed by atoms with van der Waals surface area (Å²) < 4.78 is 12.3. The molecule has 4 rings (SSSR count). The van der Waals surface area contributed by atoms with Crippen molar-refractivity contribution in [3.8, 4) is 43.9 Å². The number of carboxylic acid groups (broad SMARTS) is 1. The van der Waals surface area contributed by atoms with Crippen LogP contribution in [-0.2, 0) is 11.3 Å². The zero-order valence-electron chi connectivity index (χ0n) is 17.5. The summed E-state index contributed by atoms with van der Waals surface area (Å²) in [6, 6.07) is 17.5. The van der Waals surface area contributed by atoms with Gasteiger partial charge in [0.2, 0.25) is 0 Å². The molecule has 0 amide bonds. The largest absolute Gasteiger partial charge is 0.497 e. The molecule has 0 saturated heterocycles. The number of ether oxygens (including phenoxy) is 2. The monoisotopic (exact) mass is 434 g/mol. The number of hydrogen-bond acceptors (Lipinski definition) is 5. The molecule has 0 aliphatic rings. The molecule has 0 atom stereocenters. The van der Waals surface area contributed by atoms with E-state index in [0.717, 1.165) is 49.5 Å². The Morgan fingerprint density at radius 2 is 1.55 bits per heavy atom. The number of methoxy groups -OCH3 is 2. The zero-order chi connectivity index (χ0) is 22.0. The second-order valence-corrected chi connectivity index (χ2v) is 8.02. The van der Waals surface area contributed by atoms with E-state index in [4.69, 9.17) is 14.5 Å². The molecule has 0 aliphatic carbocycles. The Labute approximate surface area is 184 Å². The Morgan fingerprint density at radius 3 is 2.10 bits per heavy atom. The normalized spacial score (nSPS) is 10.8. The fourth-order valence-corrected chi connectivity index (χ4v) is 4.67. The first-order valence-electron chi connectivity index (χ1n) is 9.67. The first kappa shape index (κ1) is 20.7. The summed E-state index contributed by atoms with van der Waals surface area (Å²) in [7, 11) is 3.28. The molecule has 0 fully saturated rings. The molecule has 0 spiro atoms. The molecular weight excluding hydrogens is 412 g/mol. The molecule has 2 aromatic carbocycles. The van der Waals surface area contributed by atoms with Crippen molar-refractivity contribution in [2.75, 3.05) is 14.2 Å². The number of nitrogens with zero attached hydrogens (tertiary/aromatic N) is 2.